The summed E-state index contributed by atoms with van der Waals surface area (Å²) in [5, 5.41) is 0. The number of pyridine rings is 1. The van der Waals surface area contributed by atoms with E-state index in [1.807, 2.05) is 12.3 Å². The molecule has 0 aromatic carbocycles. The van der Waals surface area contributed by atoms with E-state index in [0.717, 1.165) is 11.3 Å². The first-order valence-corrected chi connectivity index (χ1v) is 4.31. The molecule has 0 saturated carbocycles. The first-order chi connectivity index (χ1) is 4.83. The maximum atomic E-state index is 12.4. The Morgan fingerprint density at radius 1 is 1.70 bits per heavy atom. The number of rotatable bonds is 2. The van der Waals surface area contributed by atoms with Crippen molar-refractivity contribution >= 4 is 11.8 Å². The quantitative estimate of drug-likeness (QED) is 0.610. The van der Waals surface area contributed by atoms with Gasteiger partial charge in [0.05, 0.1) is 0 Å². The van der Waals surface area contributed by atoms with Gasteiger partial charge < -0.3 is 0 Å². The summed E-state index contributed by atoms with van der Waals surface area (Å²) in [6.45, 7) is 0. The van der Waals surface area contributed by atoms with E-state index in [4.69, 9.17) is 0 Å². The molecular formula is C7H8FNS. The number of thioether (sulfide) groups is 1. The summed E-state index contributed by atoms with van der Waals surface area (Å²) in [6, 6.07) is 3.27. The Hall–Kier alpha value is -0.570. The van der Waals surface area contributed by atoms with Crippen molar-refractivity contribution in [3.05, 3.63) is 29.8 Å². The molecule has 1 nitrogen and oxygen atoms in total. The van der Waals surface area contributed by atoms with E-state index in [0.29, 0.717) is 0 Å². The normalized spacial score (nSPS) is 9.80. The van der Waals surface area contributed by atoms with Crippen molar-refractivity contribution in [2.45, 2.75) is 5.75 Å². The van der Waals surface area contributed by atoms with Crippen LogP contribution < -0.4 is 0 Å². The molecule has 0 bridgehead atoms. The molecular weight excluding hydrogens is 149 g/mol. The number of halogens is 1. The van der Waals surface area contributed by atoms with E-state index in [9.17, 15) is 4.39 Å². The highest BCUT2D eigenvalue weighted by molar-refractivity contribution is 7.97. The van der Waals surface area contributed by atoms with Gasteiger partial charge in [0.25, 0.3) is 0 Å². The molecule has 1 rings (SSSR count). The summed E-state index contributed by atoms with van der Waals surface area (Å²) in [6.07, 6.45) is 3.47. The largest absolute Gasteiger partial charge is 0.228 e. The minimum absolute atomic E-state index is 0.397. The van der Waals surface area contributed by atoms with E-state index in [1.165, 1.54) is 12.3 Å². The van der Waals surface area contributed by atoms with Gasteiger partial charge in [-0.1, -0.05) is 0 Å². The van der Waals surface area contributed by atoms with E-state index < -0.39 is 5.95 Å². The molecule has 1 aromatic heterocycles. The van der Waals surface area contributed by atoms with E-state index in [2.05, 4.69) is 4.98 Å². The molecule has 3 heteroatoms. The highest BCUT2D eigenvalue weighted by atomic mass is 32.2. The van der Waals surface area contributed by atoms with E-state index in [-0.39, 0.29) is 0 Å². The topological polar surface area (TPSA) is 12.9 Å². The van der Waals surface area contributed by atoms with Gasteiger partial charge in [0, 0.05) is 11.9 Å². The lowest BCUT2D eigenvalue weighted by atomic mass is 10.3. The van der Waals surface area contributed by atoms with Crippen LogP contribution in [0, 0.1) is 5.95 Å². The Balaban J connectivity index is 2.75. The molecule has 0 atom stereocenters. The Labute approximate surface area is 63.7 Å². The number of hydrogen-bond donors (Lipinski definition) is 0. The summed E-state index contributed by atoms with van der Waals surface area (Å²) < 4.78 is 12.4. The monoisotopic (exact) mass is 157 g/mol. The van der Waals surface area contributed by atoms with Gasteiger partial charge in [-0.2, -0.15) is 16.2 Å². The second-order valence-electron chi connectivity index (χ2n) is 1.92. The van der Waals surface area contributed by atoms with Crippen LogP contribution in [0.4, 0.5) is 4.39 Å². The molecule has 0 N–H and O–H groups in total. The van der Waals surface area contributed by atoms with Crippen molar-refractivity contribution in [1.29, 1.82) is 0 Å². The fraction of sp³-hybridized carbons (Fsp3) is 0.286. The van der Waals surface area contributed by atoms with E-state index in [1.54, 1.807) is 11.8 Å². The van der Waals surface area contributed by atoms with Crippen LogP contribution in [0.1, 0.15) is 5.56 Å². The lowest BCUT2D eigenvalue weighted by Crippen LogP contribution is -1.84. The predicted molar refractivity (Wildman–Crippen MR) is 41.4 cm³/mol. The Morgan fingerprint density at radius 3 is 3.10 bits per heavy atom. The van der Waals surface area contributed by atoms with Crippen LogP contribution in [-0.2, 0) is 5.75 Å². The van der Waals surface area contributed by atoms with Crippen molar-refractivity contribution in [3.8, 4) is 0 Å². The number of hydrogen-bond acceptors (Lipinski definition) is 2. The lowest BCUT2D eigenvalue weighted by Gasteiger charge is -1.95. The average Bonchev–Trinajstić information content (AvgIpc) is 1.88. The molecule has 0 saturated heterocycles. The highest BCUT2D eigenvalue weighted by Crippen LogP contribution is 2.07. The molecule has 0 aliphatic rings. The van der Waals surface area contributed by atoms with Gasteiger partial charge in [0.15, 0.2) is 0 Å². The van der Waals surface area contributed by atoms with Crippen molar-refractivity contribution in [2.24, 2.45) is 0 Å². The second kappa shape index (κ2) is 3.56. The van der Waals surface area contributed by atoms with Crippen LogP contribution in [0.15, 0.2) is 18.3 Å². The van der Waals surface area contributed by atoms with Gasteiger partial charge in [-0.15, -0.1) is 0 Å². The Bertz CT molecular complexity index is 215. The molecule has 0 fully saturated rings. The number of aromatic nitrogens is 1. The highest BCUT2D eigenvalue weighted by Gasteiger charge is 1.92. The molecule has 0 unspecified atom stereocenters. The van der Waals surface area contributed by atoms with Gasteiger partial charge in [0.2, 0.25) is 5.95 Å². The molecule has 0 amide bonds. The average molecular weight is 157 g/mol. The van der Waals surface area contributed by atoms with Crippen LogP contribution in [-0.4, -0.2) is 11.2 Å². The van der Waals surface area contributed by atoms with Crippen LogP contribution in [0.3, 0.4) is 0 Å². The third-order valence-corrected chi connectivity index (χ3v) is 1.72. The molecule has 10 heavy (non-hydrogen) atoms. The molecule has 0 radical (unpaired) electrons. The molecule has 0 aliphatic carbocycles. The third-order valence-electron chi connectivity index (χ3n) is 1.10. The lowest BCUT2D eigenvalue weighted by molar-refractivity contribution is 0.582. The number of nitrogens with zero attached hydrogens (tertiary/aromatic N) is 1. The van der Waals surface area contributed by atoms with Crippen molar-refractivity contribution in [3.63, 3.8) is 0 Å². The van der Waals surface area contributed by atoms with E-state index >= 15 is 0 Å². The fourth-order valence-electron chi connectivity index (χ4n) is 0.699. The van der Waals surface area contributed by atoms with Crippen LogP contribution in [0.2, 0.25) is 0 Å². The zero-order valence-corrected chi connectivity index (χ0v) is 6.49. The molecule has 0 spiro atoms. The van der Waals surface area contributed by atoms with Crippen molar-refractivity contribution in [2.75, 3.05) is 6.26 Å². The zero-order chi connectivity index (χ0) is 7.40. The summed E-state index contributed by atoms with van der Waals surface area (Å²) in [5.41, 5.74) is 0.986. The Kier molecular flexibility index (Phi) is 2.68. The summed E-state index contributed by atoms with van der Waals surface area (Å²) in [5.74, 6) is 0.450. The van der Waals surface area contributed by atoms with Crippen LogP contribution in [0.25, 0.3) is 0 Å². The standard InChI is InChI=1S/C7H8FNS/c1-10-5-6-2-3-9-7(8)4-6/h2-4H,5H2,1H3. The third kappa shape index (κ3) is 1.99. The maximum Gasteiger partial charge on any atom is 0.213 e. The molecule has 1 aromatic rings. The van der Waals surface area contributed by atoms with Gasteiger partial charge in [-0.25, -0.2) is 4.98 Å². The van der Waals surface area contributed by atoms with Crippen molar-refractivity contribution in [1.82, 2.24) is 4.98 Å². The van der Waals surface area contributed by atoms with Crippen molar-refractivity contribution < 1.29 is 4.39 Å². The zero-order valence-electron chi connectivity index (χ0n) is 5.67. The van der Waals surface area contributed by atoms with Gasteiger partial charge in [0.1, 0.15) is 0 Å². The molecule has 54 valence electrons. The van der Waals surface area contributed by atoms with Gasteiger partial charge in [-0.3, -0.25) is 0 Å². The SMILES string of the molecule is CSCc1ccnc(F)c1. The van der Waals surface area contributed by atoms with Crippen LogP contribution in [0.5, 0.6) is 0 Å². The molecule has 1 heterocycles. The first-order valence-electron chi connectivity index (χ1n) is 2.92. The summed E-state index contributed by atoms with van der Waals surface area (Å²) >= 11 is 1.67. The minimum atomic E-state index is -0.397. The minimum Gasteiger partial charge on any atom is -0.228 e. The van der Waals surface area contributed by atoms with Gasteiger partial charge >= 0.3 is 0 Å². The maximum absolute atomic E-state index is 12.4. The smallest absolute Gasteiger partial charge is 0.213 e. The second-order valence-corrected chi connectivity index (χ2v) is 2.79. The first kappa shape index (κ1) is 7.54. The summed E-state index contributed by atoms with van der Waals surface area (Å²) in [7, 11) is 0. The predicted octanol–water partition coefficient (Wildman–Crippen LogP) is 2.08. The van der Waals surface area contributed by atoms with Crippen LogP contribution >= 0.6 is 11.8 Å². The van der Waals surface area contributed by atoms with Gasteiger partial charge in [-0.05, 0) is 24.0 Å². The fourth-order valence-corrected chi connectivity index (χ4v) is 1.21. The molecule has 0 aliphatic heterocycles. The summed E-state index contributed by atoms with van der Waals surface area (Å²) in [4.78, 5) is 3.45. The Morgan fingerprint density at radius 2 is 2.50 bits per heavy atom.